The van der Waals surface area contributed by atoms with Crippen molar-refractivity contribution in [2.45, 2.75) is 20.0 Å². The number of methoxy groups -OCH3 is 1. The number of carbonyl (C=O) groups excluding carboxylic acids is 1. The van der Waals surface area contributed by atoms with Crippen molar-refractivity contribution in [3.63, 3.8) is 0 Å². The second-order valence-electron chi connectivity index (χ2n) is 3.90. The normalized spacial score (nSPS) is 10.9. The van der Waals surface area contributed by atoms with Crippen LogP contribution in [0.1, 0.15) is 19.4 Å². The van der Waals surface area contributed by atoms with E-state index in [0.29, 0.717) is 0 Å². The molecule has 0 aromatic heterocycles. The summed E-state index contributed by atoms with van der Waals surface area (Å²) >= 11 is 0. The van der Waals surface area contributed by atoms with Crippen molar-refractivity contribution in [3.05, 3.63) is 35.9 Å². The van der Waals surface area contributed by atoms with E-state index in [2.05, 4.69) is 4.74 Å². The fraction of sp³-hybridized carbons (Fsp3) is 0.357. The number of hydrogen-bond donors (Lipinski definition) is 0. The maximum Gasteiger partial charge on any atom is 0.330 e. The van der Waals surface area contributed by atoms with Crippen molar-refractivity contribution in [2.24, 2.45) is 0 Å². The maximum absolute atomic E-state index is 10.9. The number of ether oxygens (including phenoxy) is 3. The zero-order valence-corrected chi connectivity index (χ0v) is 10.9. The molecule has 0 saturated heterocycles. The summed E-state index contributed by atoms with van der Waals surface area (Å²) in [5.41, 5.74) is 0.900. The number of benzene rings is 1. The monoisotopic (exact) mass is 250 g/mol. The van der Waals surface area contributed by atoms with Crippen molar-refractivity contribution >= 4 is 12.0 Å². The van der Waals surface area contributed by atoms with E-state index in [0.717, 1.165) is 11.3 Å². The average Bonchev–Trinajstić information content (AvgIpc) is 2.37. The molecule has 18 heavy (non-hydrogen) atoms. The summed E-state index contributed by atoms with van der Waals surface area (Å²) in [5.74, 6) is 0.353. The van der Waals surface area contributed by atoms with Gasteiger partial charge in [0, 0.05) is 6.08 Å². The Balaban J connectivity index is 2.47. The number of carbonyl (C=O) groups is 1. The number of rotatable bonds is 6. The van der Waals surface area contributed by atoms with Crippen molar-refractivity contribution < 1.29 is 19.0 Å². The van der Waals surface area contributed by atoms with Crippen LogP contribution in [0.15, 0.2) is 30.3 Å². The van der Waals surface area contributed by atoms with Crippen LogP contribution in [0.5, 0.6) is 5.75 Å². The number of esters is 1. The number of hydrogen-bond acceptors (Lipinski definition) is 4. The lowest BCUT2D eigenvalue weighted by Gasteiger charge is -2.09. The molecular formula is C14H18O4. The molecule has 4 heteroatoms. The molecule has 0 N–H and O–H groups in total. The van der Waals surface area contributed by atoms with E-state index in [1.807, 2.05) is 38.1 Å². The second kappa shape index (κ2) is 7.50. The van der Waals surface area contributed by atoms with E-state index < -0.39 is 0 Å². The highest BCUT2D eigenvalue weighted by Gasteiger charge is 1.96. The molecule has 0 fully saturated rings. The molecule has 0 amide bonds. The molecule has 0 heterocycles. The molecule has 0 bridgehead atoms. The van der Waals surface area contributed by atoms with E-state index in [1.165, 1.54) is 13.2 Å². The van der Waals surface area contributed by atoms with Crippen LogP contribution in [0.25, 0.3) is 6.08 Å². The smallest absolute Gasteiger partial charge is 0.330 e. The van der Waals surface area contributed by atoms with Gasteiger partial charge in [-0.05, 0) is 37.6 Å². The Labute approximate surface area is 107 Å². The van der Waals surface area contributed by atoms with E-state index in [-0.39, 0.29) is 18.9 Å². The molecule has 0 aliphatic rings. The van der Waals surface area contributed by atoms with Gasteiger partial charge in [0.1, 0.15) is 5.75 Å². The molecule has 1 rings (SSSR count). The van der Waals surface area contributed by atoms with E-state index in [1.54, 1.807) is 6.08 Å². The Morgan fingerprint density at radius 2 is 1.94 bits per heavy atom. The lowest BCUT2D eigenvalue weighted by atomic mass is 10.2. The van der Waals surface area contributed by atoms with Gasteiger partial charge in [0.05, 0.1) is 13.2 Å². The van der Waals surface area contributed by atoms with Gasteiger partial charge in [-0.3, -0.25) is 0 Å². The highest BCUT2D eigenvalue weighted by molar-refractivity contribution is 5.86. The first-order valence-electron chi connectivity index (χ1n) is 5.72. The van der Waals surface area contributed by atoms with Gasteiger partial charge in [-0.25, -0.2) is 4.79 Å². The van der Waals surface area contributed by atoms with Crippen molar-refractivity contribution in [1.82, 2.24) is 0 Å². The largest absolute Gasteiger partial charge is 0.468 e. The molecule has 0 aliphatic carbocycles. The predicted molar refractivity (Wildman–Crippen MR) is 69.2 cm³/mol. The zero-order valence-electron chi connectivity index (χ0n) is 10.9. The SMILES string of the molecule is COC(=O)C=Cc1ccc(OCOC(C)C)cc1. The Bertz CT molecular complexity index is 393. The molecule has 1 aromatic rings. The zero-order chi connectivity index (χ0) is 13.4. The van der Waals surface area contributed by atoms with Crippen LogP contribution in [0.3, 0.4) is 0 Å². The molecule has 0 radical (unpaired) electrons. The standard InChI is InChI=1S/C14H18O4/c1-11(2)17-10-18-13-7-4-12(5-8-13)6-9-14(15)16-3/h4-9,11H,10H2,1-3H3. The second-order valence-corrected chi connectivity index (χ2v) is 3.90. The molecule has 0 spiro atoms. The van der Waals surface area contributed by atoms with Crippen LogP contribution in [0, 0.1) is 0 Å². The molecule has 1 aromatic carbocycles. The third kappa shape index (κ3) is 5.50. The maximum atomic E-state index is 10.9. The molecule has 0 aliphatic heterocycles. The average molecular weight is 250 g/mol. The quantitative estimate of drug-likeness (QED) is 0.442. The summed E-state index contributed by atoms with van der Waals surface area (Å²) in [6, 6.07) is 7.34. The Morgan fingerprint density at radius 3 is 2.50 bits per heavy atom. The summed E-state index contributed by atoms with van der Waals surface area (Å²) in [5, 5.41) is 0. The van der Waals surface area contributed by atoms with Crippen LogP contribution >= 0.6 is 0 Å². The van der Waals surface area contributed by atoms with Crippen molar-refractivity contribution in [2.75, 3.05) is 13.9 Å². The van der Waals surface area contributed by atoms with Gasteiger partial charge in [0.2, 0.25) is 0 Å². The van der Waals surface area contributed by atoms with E-state index in [4.69, 9.17) is 9.47 Å². The lowest BCUT2D eigenvalue weighted by Crippen LogP contribution is -2.08. The van der Waals surface area contributed by atoms with Crippen LogP contribution < -0.4 is 4.74 Å². The first-order chi connectivity index (χ1) is 8.61. The van der Waals surface area contributed by atoms with Gasteiger partial charge in [0.15, 0.2) is 6.79 Å². The minimum absolute atomic E-state index is 0.146. The van der Waals surface area contributed by atoms with E-state index in [9.17, 15) is 4.79 Å². The van der Waals surface area contributed by atoms with Gasteiger partial charge in [-0.15, -0.1) is 0 Å². The lowest BCUT2D eigenvalue weighted by molar-refractivity contribution is -0.134. The highest BCUT2D eigenvalue weighted by atomic mass is 16.7. The van der Waals surface area contributed by atoms with Crippen molar-refractivity contribution in [3.8, 4) is 5.75 Å². The fourth-order valence-corrected chi connectivity index (χ4v) is 1.15. The summed E-state index contributed by atoms with van der Waals surface area (Å²) in [4.78, 5) is 10.9. The van der Waals surface area contributed by atoms with Gasteiger partial charge < -0.3 is 14.2 Å². The predicted octanol–water partition coefficient (Wildman–Crippen LogP) is 2.63. The third-order valence-corrected chi connectivity index (χ3v) is 2.12. The molecule has 0 saturated carbocycles. The van der Waals surface area contributed by atoms with Gasteiger partial charge in [-0.1, -0.05) is 12.1 Å². The molecule has 0 atom stereocenters. The van der Waals surface area contributed by atoms with E-state index >= 15 is 0 Å². The van der Waals surface area contributed by atoms with Crippen LogP contribution in [-0.4, -0.2) is 26.0 Å². The van der Waals surface area contributed by atoms with Gasteiger partial charge in [0.25, 0.3) is 0 Å². The summed E-state index contributed by atoms with van der Waals surface area (Å²) in [6.07, 6.45) is 3.20. The minimum atomic E-state index is -0.374. The Kier molecular flexibility index (Phi) is 5.94. The first kappa shape index (κ1) is 14.3. The Hall–Kier alpha value is -1.81. The molecule has 98 valence electrons. The fourth-order valence-electron chi connectivity index (χ4n) is 1.15. The van der Waals surface area contributed by atoms with Crippen LogP contribution in [0.4, 0.5) is 0 Å². The summed E-state index contributed by atoms with van der Waals surface area (Å²) < 4.78 is 15.2. The van der Waals surface area contributed by atoms with Crippen molar-refractivity contribution in [1.29, 1.82) is 0 Å². The van der Waals surface area contributed by atoms with Crippen LogP contribution in [0.2, 0.25) is 0 Å². The topological polar surface area (TPSA) is 44.8 Å². The molecule has 4 nitrogen and oxygen atoms in total. The Morgan fingerprint density at radius 1 is 1.28 bits per heavy atom. The van der Waals surface area contributed by atoms with Gasteiger partial charge in [-0.2, -0.15) is 0 Å². The third-order valence-electron chi connectivity index (χ3n) is 2.12. The highest BCUT2D eigenvalue weighted by Crippen LogP contribution is 2.13. The molecular weight excluding hydrogens is 232 g/mol. The minimum Gasteiger partial charge on any atom is -0.468 e. The summed E-state index contributed by atoms with van der Waals surface area (Å²) in [7, 11) is 1.35. The van der Waals surface area contributed by atoms with Gasteiger partial charge >= 0.3 is 5.97 Å². The first-order valence-corrected chi connectivity index (χ1v) is 5.72. The van der Waals surface area contributed by atoms with Crippen LogP contribution in [-0.2, 0) is 14.3 Å². The molecule has 0 unspecified atom stereocenters. The summed E-state index contributed by atoms with van der Waals surface area (Å²) in [6.45, 7) is 4.13.